The molecule has 2 atom stereocenters. The van der Waals surface area contributed by atoms with E-state index in [-0.39, 0.29) is 36.6 Å². The van der Waals surface area contributed by atoms with Crippen molar-refractivity contribution in [3.05, 3.63) is 83.8 Å². The first-order chi connectivity index (χ1) is 19.3. The maximum absolute atomic E-state index is 15.1. The first-order valence-corrected chi connectivity index (χ1v) is 12.6. The minimum absolute atomic E-state index is 0.0420. The summed E-state index contributed by atoms with van der Waals surface area (Å²) in [4.78, 5) is 29.0. The second kappa shape index (κ2) is 9.86. The molecule has 0 aliphatic carbocycles. The van der Waals surface area contributed by atoms with Crippen LogP contribution in [-0.2, 0) is 12.7 Å². The number of amides is 2. The lowest BCUT2D eigenvalue weighted by molar-refractivity contribution is 0.0319. The molecule has 1 aromatic carbocycles. The van der Waals surface area contributed by atoms with Gasteiger partial charge in [0.2, 0.25) is 0 Å². The van der Waals surface area contributed by atoms with Crippen molar-refractivity contribution in [2.24, 2.45) is 12.1 Å². The quantitative estimate of drug-likeness (QED) is 0.419. The Morgan fingerprint density at radius 2 is 1.95 bits per heavy atom. The highest BCUT2D eigenvalue weighted by atomic mass is 19.1. The number of aromatic nitrogens is 6. The molecule has 14 heteroatoms. The van der Waals surface area contributed by atoms with Crippen LogP contribution in [0.5, 0.6) is 0 Å². The summed E-state index contributed by atoms with van der Waals surface area (Å²) in [6, 6.07) is 1.89. The third kappa shape index (κ3) is 4.11. The molecule has 2 aliphatic rings. The molecule has 6 rings (SSSR count). The summed E-state index contributed by atoms with van der Waals surface area (Å²) in [6.07, 6.45) is 9.16. The second-order valence-corrected chi connectivity index (χ2v) is 9.65. The summed E-state index contributed by atoms with van der Waals surface area (Å²) in [6.45, 7) is 2.61. The number of rotatable bonds is 4. The van der Waals surface area contributed by atoms with Crippen LogP contribution in [0.1, 0.15) is 29.5 Å². The van der Waals surface area contributed by atoms with Gasteiger partial charge in [0.25, 0.3) is 0 Å². The van der Waals surface area contributed by atoms with Gasteiger partial charge in [-0.3, -0.25) is 9.58 Å². The normalized spacial score (nSPS) is 20.9. The molecule has 206 valence electrons. The molecule has 3 aromatic heterocycles. The van der Waals surface area contributed by atoms with Gasteiger partial charge in [-0.2, -0.15) is 10.2 Å². The van der Waals surface area contributed by atoms with Crippen LogP contribution >= 0.6 is 0 Å². The predicted octanol–water partition coefficient (Wildman–Crippen LogP) is 2.96. The third-order valence-corrected chi connectivity index (χ3v) is 7.38. The van der Waals surface area contributed by atoms with Crippen molar-refractivity contribution in [3.8, 4) is 11.3 Å². The predicted molar refractivity (Wildman–Crippen MR) is 137 cm³/mol. The Kier molecular flexibility index (Phi) is 6.33. The van der Waals surface area contributed by atoms with Crippen LogP contribution in [0.15, 0.2) is 54.4 Å². The number of hydrogen-bond donors (Lipinski definition) is 1. The Bertz CT molecular complexity index is 1580. The van der Waals surface area contributed by atoms with E-state index in [9.17, 15) is 13.6 Å². The number of hydrazone groups is 1. The Morgan fingerprint density at radius 1 is 1.15 bits per heavy atom. The van der Waals surface area contributed by atoms with Gasteiger partial charge in [-0.05, 0) is 24.6 Å². The van der Waals surface area contributed by atoms with E-state index in [1.807, 2.05) is 0 Å². The van der Waals surface area contributed by atoms with Gasteiger partial charge < -0.3 is 9.88 Å². The molecule has 11 nitrogen and oxygen atoms in total. The van der Waals surface area contributed by atoms with Gasteiger partial charge in [0.1, 0.15) is 17.3 Å². The van der Waals surface area contributed by atoms with Crippen molar-refractivity contribution < 1.29 is 18.0 Å². The first-order valence-electron chi connectivity index (χ1n) is 12.6. The number of carbonyl (C=O) groups is 1. The van der Waals surface area contributed by atoms with Crippen LogP contribution < -0.4 is 5.32 Å². The fraction of sp³-hybridized carbons (Fsp3) is 0.308. The Hall–Kier alpha value is -4.59. The van der Waals surface area contributed by atoms with E-state index in [1.165, 1.54) is 40.8 Å². The number of piperazine rings is 1. The summed E-state index contributed by atoms with van der Waals surface area (Å²) < 4.78 is 46.5. The summed E-state index contributed by atoms with van der Waals surface area (Å²) in [7, 11) is 1.74. The molecule has 2 amide bonds. The van der Waals surface area contributed by atoms with E-state index in [1.54, 1.807) is 35.6 Å². The molecule has 4 aromatic rings. The Balaban J connectivity index is 1.47. The molecule has 5 heterocycles. The van der Waals surface area contributed by atoms with Gasteiger partial charge in [0, 0.05) is 69.0 Å². The first kappa shape index (κ1) is 25.7. The lowest BCUT2D eigenvalue weighted by Crippen LogP contribution is -2.66. The van der Waals surface area contributed by atoms with Crippen molar-refractivity contribution >= 4 is 12.2 Å². The number of benzene rings is 1. The maximum atomic E-state index is 15.1. The molecule has 0 spiro atoms. The molecule has 2 unspecified atom stereocenters. The second-order valence-electron chi connectivity index (χ2n) is 9.65. The third-order valence-electron chi connectivity index (χ3n) is 7.38. The smallest absolute Gasteiger partial charge is 0.310 e. The minimum Gasteiger partial charge on any atom is -0.310 e. The molecule has 0 saturated carbocycles. The van der Waals surface area contributed by atoms with E-state index >= 15 is 4.39 Å². The zero-order chi connectivity index (χ0) is 28.0. The standard InChI is InChI=1S/C26H25F3N10O/c1-16-20(12-34-36(16)2)23-21(29)13-32-24(35-23)26(37-7-5-31-15-37)14-30-6-8-38(26)25(40)39-22(3-4-33-39)17-9-18(27)11-19(28)10-17/h4-5,7,9-13,15,22,30H,3,6,8,14H2,1-2H3. The van der Waals surface area contributed by atoms with Gasteiger partial charge in [0.05, 0.1) is 24.8 Å². The highest BCUT2D eigenvalue weighted by Gasteiger charge is 2.50. The molecule has 40 heavy (non-hydrogen) atoms. The van der Waals surface area contributed by atoms with Crippen molar-refractivity contribution in [1.82, 2.24) is 44.5 Å². The van der Waals surface area contributed by atoms with Crippen LogP contribution in [0.2, 0.25) is 0 Å². The van der Waals surface area contributed by atoms with Crippen LogP contribution in [-0.4, -0.2) is 71.1 Å². The monoisotopic (exact) mass is 550 g/mol. The Morgan fingerprint density at radius 3 is 2.65 bits per heavy atom. The molecule has 0 bridgehead atoms. The number of imidazole rings is 1. The fourth-order valence-electron chi connectivity index (χ4n) is 5.26. The van der Waals surface area contributed by atoms with Gasteiger partial charge in [-0.1, -0.05) is 0 Å². The van der Waals surface area contributed by atoms with Crippen molar-refractivity contribution in [2.45, 2.75) is 25.0 Å². The van der Waals surface area contributed by atoms with Gasteiger partial charge in [0.15, 0.2) is 17.3 Å². The summed E-state index contributed by atoms with van der Waals surface area (Å²) in [5, 5.41) is 13.0. The lowest BCUT2D eigenvalue weighted by Gasteiger charge is -2.47. The van der Waals surface area contributed by atoms with Crippen molar-refractivity contribution in [2.75, 3.05) is 19.6 Å². The van der Waals surface area contributed by atoms with Crippen LogP contribution in [0.4, 0.5) is 18.0 Å². The van der Waals surface area contributed by atoms with Crippen LogP contribution in [0, 0.1) is 24.4 Å². The number of halogens is 3. The molecule has 0 radical (unpaired) electrons. The minimum atomic E-state index is -1.37. The van der Waals surface area contributed by atoms with Crippen molar-refractivity contribution in [1.29, 1.82) is 0 Å². The zero-order valence-corrected chi connectivity index (χ0v) is 21.7. The molecular weight excluding hydrogens is 525 g/mol. The lowest BCUT2D eigenvalue weighted by atomic mass is 10.0. The maximum Gasteiger partial charge on any atom is 0.343 e. The number of urea groups is 1. The van der Waals surface area contributed by atoms with E-state index < -0.39 is 35.2 Å². The Labute approximate surface area is 227 Å². The van der Waals surface area contributed by atoms with E-state index in [0.717, 1.165) is 12.3 Å². The molecule has 2 aliphatic heterocycles. The summed E-state index contributed by atoms with van der Waals surface area (Å²) >= 11 is 0. The number of carbonyl (C=O) groups excluding carboxylic acids is 1. The number of nitrogens with zero attached hydrogens (tertiary/aromatic N) is 9. The fourth-order valence-corrected chi connectivity index (χ4v) is 5.26. The molecule has 1 fully saturated rings. The topological polar surface area (TPSA) is 109 Å². The average molecular weight is 551 g/mol. The van der Waals surface area contributed by atoms with Crippen LogP contribution in [0.25, 0.3) is 11.3 Å². The number of aryl methyl sites for hydroxylation is 1. The highest BCUT2D eigenvalue weighted by Crippen LogP contribution is 2.36. The van der Waals surface area contributed by atoms with Gasteiger partial charge in [-0.25, -0.2) is 37.9 Å². The largest absolute Gasteiger partial charge is 0.343 e. The number of hydrogen-bond acceptors (Lipinski definition) is 7. The average Bonchev–Trinajstić information content (AvgIpc) is 3.71. The SMILES string of the molecule is Cc1c(-c2nc(C3(n4ccnc4)CNCCN3C(=O)N3N=CCC3c3cc(F)cc(F)c3)ncc2F)cnn1C. The highest BCUT2D eigenvalue weighted by molar-refractivity contribution is 5.79. The molecular formula is C26H25F3N10O. The number of nitrogens with one attached hydrogen (secondary N) is 1. The summed E-state index contributed by atoms with van der Waals surface area (Å²) in [5.74, 6) is -1.99. The van der Waals surface area contributed by atoms with E-state index in [0.29, 0.717) is 17.8 Å². The zero-order valence-electron chi connectivity index (χ0n) is 21.7. The van der Waals surface area contributed by atoms with E-state index in [4.69, 9.17) is 0 Å². The van der Waals surface area contributed by atoms with Gasteiger partial charge in [-0.15, -0.1) is 0 Å². The summed E-state index contributed by atoms with van der Waals surface area (Å²) in [5.41, 5.74) is 0.134. The molecule has 1 N–H and O–H groups in total. The molecule has 1 saturated heterocycles. The van der Waals surface area contributed by atoms with Crippen molar-refractivity contribution in [3.63, 3.8) is 0 Å². The van der Waals surface area contributed by atoms with Gasteiger partial charge >= 0.3 is 6.03 Å². The van der Waals surface area contributed by atoms with Crippen LogP contribution in [0.3, 0.4) is 0 Å². The van der Waals surface area contributed by atoms with E-state index in [2.05, 4.69) is 30.5 Å².